The zero-order chi connectivity index (χ0) is 11.4. The van der Waals surface area contributed by atoms with Crippen LogP contribution in [0.2, 0.25) is 0 Å². The Bertz CT molecular complexity index is 322. The molecule has 90 valence electrons. The van der Waals surface area contributed by atoms with Crippen LogP contribution in [0.4, 0.5) is 0 Å². The third-order valence-corrected chi connectivity index (χ3v) is 3.61. The molecule has 0 saturated heterocycles. The van der Waals surface area contributed by atoms with Crippen LogP contribution in [0.3, 0.4) is 0 Å². The topological polar surface area (TPSA) is 43.8 Å². The molecule has 1 aromatic heterocycles. The standard InChI is InChI=1S/C13H23N3/c1-16-10-12(13(15-16)8-9-14)11-6-4-2-3-5-7-11/h10-11H,2-9,14H2,1H3. The number of aromatic nitrogens is 2. The van der Waals surface area contributed by atoms with E-state index in [1.165, 1.54) is 49.8 Å². The minimum Gasteiger partial charge on any atom is -0.330 e. The Morgan fingerprint density at radius 2 is 2.00 bits per heavy atom. The van der Waals surface area contributed by atoms with Gasteiger partial charge in [0, 0.05) is 19.7 Å². The first-order valence-corrected chi connectivity index (χ1v) is 6.53. The first-order chi connectivity index (χ1) is 7.81. The highest BCUT2D eigenvalue weighted by atomic mass is 15.3. The summed E-state index contributed by atoms with van der Waals surface area (Å²) in [6, 6.07) is 0. The van der Waals surface area contributed by atoms with Crippen molar-refractivity contribution in [2.75, 3.05) is 6.54 Å². The lowest BCUT2D eigenvalue weighted by Gasteiger charge is -2.13. The number of rotatable bonds is 3. The molecule has 1 saturated carbocycles. The van der Waals surface area contributed by atoms with E-state index in [1.807, 2.05) is 11.7 Å². The molecule has 0 aliphatic heterocycles. The van der Waals surface area contributed by atoms with Gasteiger partial charge in [-0.1, -0.05) is 25.7 Å². The maximum Gasteiger partial charge on any atom is 0.0671 e. The average Bonchev–Trinajstić information content (AvgIpc) is 2.52. The van der Waals surface area contributed by atoms with E-state index in [4.69, 9.17) is 5.73 Å². The molecule has 2 rings (SSSR count). The van der Waals surface area contributed by atoms with Crippen molar-refractivity contribution in [2.24, 2.45) is 12.8 Å². The highest BCUT2D eigenvalue weighted by Gasteiger charge is 2.19. The molecule has 1 aliphatic carbocycles. The van der Waals surface area contributed by atoms with Crippen LogP contribution >= 0.6 is 0 Å². The summed E-state index contributed by atoms with van der Waals surface area (Å²) >= 11 is 0. The molecule has 1 aromatic rings. The normalized spacial score (nSPS) is 18.6. The van der Waals surface area contributed by atoms with Crippen LogP contribution in [-0.2, 0) is 13.5 Å². The fraction of sp³-hybridized carbons (Fsp3) is 0.769. The summed E-state index contributed by atoms with van der Waals surface area (Å²) < 4.78 is 1.95. The van der Waals surface area contributed by atoms with Gasteiger partial charge in [-0.2, -0.15) is 5.10 Å². The summed E-state index contributed by atoms with van der Waals surface area (Å²) in [7, 11) is 2.01. The van der Waals surface area contributed by atoms with Crippen LogP contribution in [-0.4, -0.2) is 16.3 Å². The van der Waals surface area contributed by atoms with Crippen LogP contribution < -0.4 is 5.73 Å². The van der Waals surface area contributed by atoms with E-state index in [-0.39, 0.29) is 0 Å². The lowest BCUT2D eigenvalue weighted by atomic mass is 9.91. The molecule has 3 nitrogen and oxygen atoms in total. The van der Waals surface area contributed by atoms with Gasteiger partial charge in [0.1, 0.15) is 0 Å². The predicted octanol–water partition coefficient (Wildman–Crippen LogP) is 2.36. The number of hydrogen-bond acceptors (Lipinski definition) is 2. The van der Waals surface area contributed by atoms with Crippen molar-refractivity contribution in [2.45, 2.75) is 50.9 Å². The summed E-state index contributed by atoms with van der Waals surface area (Å²) in [5, 5.41) is 4.54. The Balaban J connectivity index is 2.16. The van der Waals surface area contributed by atoms with Gasteiger partial charge in [-0.25, -0.2) is 0 Å². The van der Waals surface area contributed by atoms with Crippen molar-refractivity contribution in [3.8, 4) is 0 Å². The van der Waals surface area contributed by atoms with Gasteiger partial charge in [-0.05, 0) is 30.9 Å². The Kier molecular flexibility index (Phi) is 3.99. The molecule has 3 heteroatoms. The molecule has 1 aliphatic rings. The van der Waals surface area contributed by atoms with Gasteiger partial charge in [0.05, 0.1) is 5.69 Å². The van der Waals surface area contributed by atoms with Gasteiger partial charge in [0.25, 0.3) is 0 Å². The Labute approximate surface area is 98.0 Å². The summed E-state index contributed by atoms with van der Waals surface area (Å²) in [5.74, 6) is 0.734. The van der Waals surface area contributed by atoms with E-state index >= 15 is 0 Å². The highest BCUT2D eigenvalue weighted by molar-refractivity contribution is 5.22. The maximum atomic E-state index is 5.65. The lowest BCUT2D eigenvalue weighted by Crippen LogP contribution is -2.07. The van der Waals surface area contributed by atoms with Crippen LogP contribution in [0.5, 0.6) is 0 Å². The summed E-state index contributed by atoms with van der Waals surface area (Å²) in [4.78, 5) is 0. The van der Waals surface area contributed by atoms with E-state index in [1.54, 1.807) is 0 Å². The SMILES string of the molecule is Cn1cc(C2CCCCCC2)c(CCN)n1. The van der Waals surface area contributed by atoms with E-state index in [9.17, 15) is 0 Å². The van der Waals surface area contributed by atoms with Crippen molar-refractivity contribution in [3.05, 3.63) is 17.5 Å². The van der Waals surface area contributed by atoms with Gasteiger partial charge in [0.2, 0.25) is 0 Å². The molecule has 0 bridgehead atoms. The molecule has 0 atom stereocenters. The zero-order valence-electron chi connectivity index (χ0n) is 10.3. The molecule has 1 fully saturated rings. The van der Waals surface area contributed by atoms with Crippen molar-refractivity contribution < 1.29 is 0 Å². The van der Waals surface area contributed by atoms with Gasteiger partial charge >= 0.3 is 0 Å². The second-order valence-corrected chi connectivity index (χ2v) is 4.93. The van der Waals surface area contributed by atoms with Crippen molar-refractivity contribution in [3.63, 3.8) is 0 Å². The summed E-state index contributed by atoms with van der Waals surface area (Å²) in [6.07, 6.45) is 11.4. The monoisotopic (exact) mass is 221 g/mol. The quantitative estimate of drug-likeness (QED) is 0.796. The Hall–Kier alpha value is -0.830. The largest absolute Gasteiger partial charge is 0.330 e. The molecular weight excluding hydrogens is 198 g/mol. The molecule has 16 heavy (non-hydrogen) atoms. The van der Waals surface area contributed by atoms with Crippen LogP contribution in [0, 0.1) is 0 Å². The van der Waals surface area contributed by atoms with Gasteiger partial charge in [-0.15, -0.1) is 0 Å². The van der Waals surface area contributed by atoms with E-state index in [0.717, 1.165) is 12.3 Å². The number of hydrogen-bond donors (Lipinski definition) is 1. The smallest absolute Gasteiger partial charge is 0.0671 e. The lowest BCUT2D eigenvalue weighted by molar-refractivity contribution is 0.587. The number of nitrogens with zero attached hydrogens (tertiary/aromatic N) is 2. The fourth-order valence-corrected chi connectivity index (χ4v) is 2.82. The molecule has 0 radical (unpaired) electrons. The maximum absolute atomic E-state index is 5.65. The van der Waals surface area contributed by atoms with Crippen molar-refractivity contribution in [1.82, 2.24) is 9.78 Å². The second kappa shape index (κ2) is 5.48. The predicted molar refractivity (Wildman–Crippen MR) is 66.4 cm³/mol. The molecule has 0 amide bonds. The molecule has 2 N–H and O–H groups in total. The third-order valence-electron chi connectivity index (χ3n) is 3.61. The highest BCUT2D eigenvalue weighted by Crippen LogP contribution is 2.33. The summed E-state index contributed by atoms with van der Waals surface area (Å²) in [6.45, 7) is 0.705. The van der Waals surface area contributed by atoms with Crippen LogP contribution in [0.1, 0.15) is 55.7 Å². The zero-order valence-corrected chi connectivity index (χ0v) is 10.3. The minimum absolute atomic E-state index is 0.705. The average molecular weight is 221 g/mol. The van der Waals surface area contributed by atoms with E-state index in [2.05, 4.69) is 11.3 Å². The third kappa shape index (κ3) is 2.64. The Morgan fingerprint density at radius 3 is 2.62 bits per heavy atom. The molecule has 0 unspecified atom stereocenters. The number of aryl methyl sites for hydroxylation is 1. The second-order valence-electron chi connectivity index (χ2n) is 4.93. The molecule has 0 aromatic carbocycles. The van der Waals surface area contributed by atoms with E-state index < -0.39 is 0 Å². The summed E-state index contributed by atoms with van der Waals surface area (Å²) in [5.41, 5.74) is 8.35. The molecule has 1 heterocycles. The first-order valence-electron chi connectivity index (χ1n) is 6.53. The van der Waals surface area contributed by atoms with Crippen molar-refractivity contribution in [1.29, 1.82) is 0 Å². The van der Waals surface area contributed by atoms with Gasteiger partial charge in [-0.3, -0.25) is 4.68 Å². The van der Waals surface area contributed by atoms with E-state index in [0.29, 0.717) is 6.54 Å². The fourth-order valence-electron chi connectivity index (χ4n) is 2.82. The minimum atomic E-state index is 0.705. The molecule has 0 spiro atoms. The van der Waals surface area contributed by atoms with Crippen LogP contribution in [0.25, 0.3) is 0 Å². The molecular formula is C13H23N3. The van der Waals surface area contributed by atoms with Gasteiger partial charge in [0.15, 0.2) is 0 Å². The number of nitrogens with two attached hydrogens (primary N) is 1. The van der Waals surface area contributed by atoms with Crippen LogP contribution in [0.15, 0.2) is 6.20 Å². The van der Waals surface area contributed by atoms with Crippen molar-refractivity contribution >= 4 is 0 Å². The van der Waals surface area contributed by atoms with Gasteiger partial charge < -0.3 is 5.73 Å². The Morgan fingerprint density at radius 1 is 1.31 bits per heavy atom. The first kappa shape index (κ1) is 11.6.